The van der Waals surface area contributed by atoms with E-state index >= 15 is 0 Å². The molecule has 12 heteroatoms. The Balaban J connectivity index is 5.40. The van der Waals surface area contributed by atoms with Crippen LogP contribution in [0.3, 0.4) is 0 Å². The predicted octanol–water partition coefficient (Wildman–Crippen LogP) is -1.16. The highest BCUT2D eigenvalue weighted by Gasteiger charge is 2.34. The lowest BCUT2D eigenvalue weighted by Crippen LogP contribution is -2.60. The van der Waals surface area contributed by atoms with Crippen LogP contribution in [0.25, 0.3) is 0 Å². The quantitative estimate of drug-likeness (QED) is 0.149. The summed E-state index contributed by atoms with van der Waals surface area (Å²) in [4.78, 5) is 60.6. The Kier molecular flexibility index (Phi) is 13.3. The van der Waals surface area contributed by atoms with Gasteiger partial charge in [0.25, 0.3) is 5.91 Å². The first-order valence-electron chi connectivity index (χ1n) is 11.4. The number of aliphatic carboxylic acids is 1. The number of nitrogens with two attached hydrogens (primary N) is 2. The number of amides is 4. The zero-order valence-electron chi connectivity index (χ0n) is 20.8. The average molecular weight is 488 g/mol. The van der Waals surface area contributed by atoms with E-state index in [1.54, 1.807) is 27.7 Å². The lowest BCUT2D eigenvalue weighted by atomic mass is 9.97. The van der Waals surface area contributed by atoms with Crippen molar-refractivity contribution in [2.24, 2.45) is 29.2 Å². The van der Waals surface area contributed by atoms with Crippen molar-refractivity contribution in [1.82, 2.24) is 16.0 Å². The largest absolute Gasteiger partial charge is 0.480 e. The van der Waals surface area contributed by atoms with Gasteiger partial charge in [0.05, 0.1) is 0 Å². The average Bonchev–Trinajstić information content (AvgIpc) is 2.70. The van der Waals surface area contributed by atoms with Gasteiger partial charge in [-0.25, -0.2) is 4.79 Å². The van der Waals surface area contributed by atoms with Crippen molar-refractivity contribution in [3.8, 4) is 0 Å². The van der Waals surface area contributed by atoms with Crippen molar-refractivity contribution >= 4 is 29.6 Å². The molecule has 0 aromatic heterocycles. The number of rotatable bonds is 15. The first kappa shape index (κ1) is 31.3. The minimum atomic E-state index is -1.51. The van der Waals surface area contributed by atoms with Gasteiger partial charge >= 0.3 is 5.97 Å². The predicted molar refractivity (Wildman–Crippen MR) is 125 cm³/mol. The highest BCUT2D eigenvalue weighted by atomic mass is 16.4. The minimum Gasteiger partial charge on any atom is -0.480 e. The number of aliphatic hydroxyl groups is 1. The fraction of sp³-hybridized carbons (Fsp3) is 0.773. The van der Waals surface area contributed by atoms with E-state index in [-0.39, 0.29) is 18.8 Å². The molecule has 0 saturated heterocycles. The number of aliphatic hydroxyl groups excluding tert-OH is 1. The summed E-state index contributed by atoms with van der Waals surface area (Å²) in [6.07, 6.45) is -1.54. The number of carboxylic acids is 1. The summed E-state index contributed by atoms with van der Waals surface area (Å²) in [6, 6.07) is -4.36. The second kappa shape index (κ2) is 14.5. The molecular weight excluding hydrogens is 446 g/mol. The Hall–Kier alpha value is -2.73. The van der Waals surface area contributed by atoms with Crippen molar-refractivity contribution < 1.29 is 34.2 Å². The van der Waals surface area contributed by atoms with Gasteiger partial charge in [0.15, 0.2) is 0 Å². The summed E-state index contributed by atoms with van der Waals surface area (Å²) in [5.41, 5.74) is 10.9. The SMILES string of the molecule is CC(C)CC(N)C(O)C(=O)NC(C(=O)NC(C(=O)NC(CCC(N)=O)C(=O)O)C(C)C)C(C)C. The van der Waals surface area contributed by atoms with Crippen molar-refractivity contribution in [3.05, 3.63) is 0 Å². The van der Waals surface area contributed by atoms with Crippen LogP contribution in [-0.2, 0) is 24.0 Å². The molecular formula is C22H41N5O7. The van der Waals surface area contributed by atoms with Crippen LogP contribution in [0.4, 0.5) is 0 Å². The van der Waals surface area contributed by atoms with Crippen LogP contribution < -0.4 is 27.4 Å². The second-order valence-electron chi connectivity index (χ2n) is 9.60. The van der Waals surface area contributed by atoms with E-state index in [9.17, 15) is 34.2 Å². The molecule has 4 amide bonds. The third-order valence-corrected chi connectivity index (χ3v) is 5.21. The Morgan fingerprint density at radius 3 is 1.62 bits per heavy atom. The summed E-state index contributed by atoms with van der Waals surface area (Å²) < 4.78 is 0. The van der Waals surface area contributed by atoms with Crippen LogP contribution in [0.15, 0.2) is 0 Å². The Morgan fingerprint density at radius 2 is 1.24 bits per heavy atom. The van der Waals surface area contributed by atoms with E-state index in [1.807, 2.05) is 13.8 Å². The molecule has 0 rings (SSSR count). The summed E-state index contributed by atoms with van der Waals surface area (Å²) >= 11 is 0. The van der Waals surface area contributed by atoms with Gasteiger partial charge in [-0.2, -0.15) is 0 Å². The molecule has 34 heavy (non-hydrogen) atoms. The topological polar surface area (TPSA) is 214 Å². The fourth-order valence-electron chi connectivity index (χ4n) is 3.22. The monoisotopic (exact) mass is 487 g/mol. The molecule has 0 spiro atoms. The molecule has 0 aliphatic heterocycles. The Morgan fingerprint density at radius 1 is 0.794 bits per heavy atom. The molecule has 5 atom stereocenters. The highest BCUT2D eigenvalue weighted by Crippen LogP contribution is 2.10. The zero-order valence-corrected chi connectivity index (χ0v) is 20.8. The third kappa shape index (κ3) is 10.9. The van der Waals surface area contributed by atoms with Gasteiger partial charge in [-0.3, -0.25) is 19.2 Å². The highest BCUT2D eigenvalue weighted by molar-refractivity contribution is 5.94. The summed E-state index contributed by atoms with van der Waals surface area (Å²) in [5, 5.41) is 26.9. The summed E-state index contributed by atoms with van der Waals surface area (Å²) in [5.74, 6) is -4.95. The third-order valence-electron chi connectivity index (χ3n) is 5.21. The fourth-order valence-corrected chi connectivity index (χ4v) is 3.22. The molecule has 0 fully saturated rings. The maximum Gasteiger partial charge on any atom is 0.326 e. The van der Waals surface area contributed by atoms with E-state index < -0.39 is 71.7 Å². The van der Waals surface area contributed by atoms with E-state index in [2.05, 4.69) is 16.0 Å². The first-order chi connectivity index (χ1) is 15.6. The van der Waals surface area contributed by atoms with E-state index in [1.165, 1.54) is 0 Å². The van der Waals surface area contributed by atoms with Gasteiger partial charge < -0.3 is 37.6 Å². The van der Waals surface area contributed by atoms with Crippen molar-refractivity contribution in [2.75, 3.05) is 0 Å². The van der Waals surface area contributed by atoms with Gasteiger partial charge in [-0.15, -0.1) is 0 Å². The van der Waals surface area contributed by atoms with Crippen molar-refractivity contribution in [2.45, 2.75) is 91.1 Å². The van der Waals surface area contributed by atoms with Gasteiger partial charge in [-0.1, -0.05) is 41.5 Å². The molecule has 0 bridgehead atoms. The van der Waals surface area contributed by atoms with E-state index in [4.69, 9.17) is 11.5 Å². The molecule has 0 aliphatic rings. The number of hydrogen-bond donors (Lipinski definition) is 7. The van der Waals surface area contributed by atoms with E-state index in [0.29, 0.717) is 6.42 Å². The molecule has 0 heterocycles. The van der Waals surface area contributed by atoms with Crippen LogP contribution in [0, 0.1) is 17.8 Å². The minimum absolute atomic E-state index is 0.157. The number of hydrogen-bond acceptors (Lipinski definition) is 7. The Labute approximate surface area is 200 Å². The molecule has 0 aromatic rings. The smallest absolute Gasteiger partial charge is 0.326 e. The Bertz CT molecular complexity index is 726. The number of primary amides is 1. The number of nitrogens with one attached hydrogen (secondary N) is 3. The second-order valence-corrected chi connectivity index (χ2v) is 9.60. The van der Waals surface area contributed by atoms with Crippen LogP contribution in [0.2, 0.25) is 0 Å². The maximum absolute atomic E-state index is 12.9. The standard InChI is InChI=1S/C22H41N5O7/c1-10(2)9-13(23)18(29)21(32)27-17(12(5)6)20(31)26-16(11(3)4)19(30)25-14(22(33)34)7-8-15(24)28/h10-14,16-18,29H,7-9,23H2,1-6H3,(H2,24,28)(H,25,30)(H,26,31)(H,27,32)(H,33,34). The summed E-state index contributed by atoms with van der Waals surface area (Å²) in [7, 11) is 0. The molecule has 0 aromatic carbocycles. The van der Waals surface area contributed by atoms with Crippen LogP contribution in [0.1, 0.15) is 60.8 Å². The number of carboxylic acid groups (broad SMARTS) is 1. The molecule has 0 radical (unpaired) electrons. The number of carbonyl (C=O) groups is 5. The lowest BCUT2D eigenvalue weighted by Gasteiger charge is -2.29. The van der Waals surface area contributed by atoms with Gasteiger partial charge in [-0.05, 0) is 30.6 Å². The molecule has 0 aliphatic carbocycles. The van der Waals surface area contributed by atoms with Crippen molar-refractivity contribution in [1.29, 1.82) is 0 Å². The van der Waals surface area contributed by atoms with Gasteiger partial charge in [0.1, 0.15) is 24.2 Å². The molecule has 9 N–H and O–H groups in total. The molecule has 12 nitrogen and oxygen atoms in total. The van der Waals surface area contributed by atoms with Crippen LogP contribution >= 0.6 is 0 Å². The molecule has 0 saturated carbocycles. The zero-order chi connectivity index (χ0) is 26.7. The van der Waals surface area contributed by atoms with Gasteiger partial charge in [0, 0.05) is 12.5 Å². The maximum atomic E-state index is 12.9. The van der Waals surface area contributed by atoms with Gasteiger partial charge in [0.2, 0.25) is 17.7 Å². The lowest BCUT2D eigenvalue weighted by molar-refractivity contribution is -0.143. The first-order valence-corrected chi connectivity index (χ1v) is 11.4. The van der Waals surface area contributed by atoms with Crippen molar-refractivity contribution in [3.63, 3.8) is 0 Å². The summed E-state index contributed by atoms with van der Waals surface area (Å²) in [6.45, 7) is 10.5. The molecule has 5 unspecified atom stereocenters. The molecule has 196 valence electrons. The van der Waals surface area contributed by atoms with E-state index in [0.717, 1.165) is 0 Å². The van der Waals surface area contributed by atoms with Crippen LogP contribution in [-0.4, -0.2) is 70.1 Å². The normalized spacial score (nSPS) is 15.9. The number of carbonyl (C=O) groups excluding carboxylic acids is 4. The van der Waals surface area contributed by atoms with Crippen LogP contribution in [0.5, 0.6) is 0 Å².